The smallest absolute Gasteiger partial charge is 0.319 e. The van der Waals surface area contributed by atoms with Crippen molar-refractivity contribution in [2.75, 3.05) is 11.9 Å². The molecule has 1 unspecified atom stereocenters. The summed E-state index contributed by atoms with van der Waals surface area (Å²) in [5, 5.41) is 19.1. The highest BCUT2D eigenvalue weighted by atomic mass is 16.5. The Morgan fingerprint density at radius 2 is 2.13 bits per heavy atom. The lowest BCUT2D eigenvalue weighted by Crippen LogP contribution is -2.40. The normalized spacial score (nSPS) is 12.7. The molecule has 0 saturated carbocycles. The number of nitrogens with zero attached hydrogens (tertiary/aromatic N) is 2. The second-order valence-electron chi connectivity index (χ2n) is 6.43. The number of anilines is 1. The highest BCUT2D eigenvalue weighted by molar-refractivity contribution is 5.89. The summed E-state index contributed by atoms with van der Waals surface area (Å²) >= 11 is 0. The van der Waals surface area contributed by atoms with E-state index in [1.807, 2.05) is 26.8 Å². The summed E-state index contributed by atoms with van der Waals surface area (Å²) in [5.74, 6) is 0.946. The van der Waals surface area contributed by atoms with E-state index < -0.39 is 6.10 Å². The Morgan fingerprint density at radius 1 is 1.39 bits per heavy atom. The van der Waals surface area contributed by atoms with Gasteiger partial charge in [0.05, 0.1) is 6.10 Å². The minimum atomic E-state index is -0.623. The van der Waals surface area contributed by atoms with Crippen molar-refractivity contribution >= 4 is 11.7 Å². The maximum absolute atomic E-state index is 11.9. The van der Waals surface area contributed by atoms with Gasteiger partial charge in [0.1, 0.15) is 0 Å². The third-order valence-corrected chi connectivity index (χ3v) is 3.36. The summed E-state index contributed by atoms with van der Waals surface area (Å²) in [6.07, 6.45) is -0.623. The second kappa shape index (κ2) is 6.78. The molecule has 1 aromatic heterocycles. The molecule has 0 radical (unpaired) electrons. The minimum absolute atomic E-state index is 0.180. The molecule has 2 rings (SSSR count). The van der Waals surface area contributed by atoms with Crippen LogP contribution in [0.1, 0.15) is 26.7 Å². The molecule has 1 atom stereocenters. The molecule has 124 valence electrons. The van der Waals surface area contributed by atoms with Gasteiger partial charge in [0.25, 0.3) is 0 Å². The Labute approximate surface area is 135 Å². The molecule has 0 aliphatic carbocycles. The summed E-state index contributed by atoms with van der Waals surface area (Å²) in [4.78, 5) is 16.1. The molecule has 0 saturated heterocycles. The molecule has 0 aliphatic heterocycles. The molecule has 2 aromatic rings. The maximum Gasteiger partial charge on any atom is 0.319 e. The molecule has 2 amide bonds. The first kappa shape index (κ1) is 17.0. The molecule has 0 aliphatic rings. The zero-order valence-electron chi connectivity index (χ0n) is 13.8. The summed E-state index contributed by atoms with van der Waals surface area (Å²) in [6.45, 7) is 7.63. The van der Waals surface area contributed by atoms with Crippen LogP contribution in [0.2, 0.25) is 0 Å². The standard InChI is InChI=1S/C16H22N4O3/c1-10-18-14(20-23-10)11-6-5-7-12(8-11)19-15(22)17-9-13(21)16(2,3)4/h5-8,13,21H,9H2,1-4H3,(H2,17,19,22). The van der Waals surface area contributed by atoms with Crippen LogP contribution in [-0.2, 0) is 0 Å². The van der Waals surface area contributed by atoms with Gasteiger partial charge in [0, 0.05) is 24.7 Å². The highest BCUT2D eigenvalue weighted by Gasteiger charge is 2.22. The van der Waals surface area contributed by atoms with Gasteiger partial charge in [-0.1, -0.05) is 38.1 Å². The van der Waals surface area contributed by atoms with E-state index in [1.54, 1.807) is 25.1 Å². The quantitative estimate of drug-likeness (QED) is 0.804. The number of aromatic nitrogens is 2. The van der Waals surface area contributed by atoms with Gasteiger partial charge >= 0.3 is 6.03 Å². The largest absolute Gasteiger partial charge is 0.391 e. The van der Waals surface area contributed by atoms with Crippen molar-refractivity contribution < 1.29 is 14.4 Å². The Hall–Kier alpha value is -2.41. The SMILES string of the molecule is Cc1nc(-c2cccc(NC(=O)NCC(O)C(C)(C)C)c2)no1. The molecule has 0 bridgehead atoms. The summed E-state index contributed by atoms with van der Waals surface area (Å²) in [6, 6.07) is 6.76. The van der Waals surface area contributed by atoms with Gasteiger partial charge in [-0.05, 0) is 17.5 Å². The van der Waals surface area contributed by atoms with Crippen LogP contribution in [0.5, 0.6) is 0 Å². The molecular formula is C16H22N4O3. The van der Waals surface area contributed by atoms with Gasteiger partial charge in [0.15, 0.2) is 0 Å². The van der Waals surface area contributed by atoms with E-state index in [0.29, 0.717) is 17.4 Å². The number of nitrogens with one attached hydrogen (secondary N) is 2. The summed E-state index contributed by atoms with van der Waals surface area (Å²) in [7, 11) is 0. The van der Waals surface area contributed by atoms with Crippen molar-refractivity contribution in [3.8, 4) is 11.4 Å². The predicted molar refractivity (Wildman–Crippen MR) is 87.0 cm³/mol. The first-order valence-electron chi connectivity index (χ1n) is 7.39. The lowest BCUT2D eigenvalue weighted by atomic mass is 9.89. The number of urea groups is 1. The maximum atomic E-state index is 11.9. The van der Waals surface area contributed by atoms with Crippen LogP contribution in [0.3, 0.4) is 0 Å². The summed E-state index contributed by atoms with van der Waals surface area (Å²) in [5.41, 5.74) is 1.06. The number of aliphatic hydroxyl groups excluding tert-OH is 1. The van der Waals surface area contributed by atoms with Crippen molar-refractivity contribution in [1.29, 1.82) is 0 Å². The van der Waals surface area contributed by atoms with Crippen molar-refractivity contribution in [2.45, 2.75) is 33.8 Å². The zero-order valence-corrected chi connectivity index (χ0v) is 13.8. The second-order valence-corrected chi connectivity index (χ2v) is 6.43. The number of rotatable bonds is 4. The van der Waals surface area contributed by atoms with Gasteiger partial charge in [0.2, 0.25) is 11.7 Å². The van der Waals surface area contributed by atoms with E-state index >= 15 is 0 Å². The minimum Gasteiger partial charge on any atom is -0.391 e. The first-order valence-corrected chi connectivity index (χ1v) is 7.39. The van der Waals surface area contributed by atoms with E-state index in [0.717, 1.165) is 5.56 Å². The Morgan fingerprint density at radius 3 is 2.74 bits per heavy atom. The number of carbonyl (C=O) groups is 1. The third-order valence-electron chi connectivity index (χ3n) is 3.36. The van der Waals surface area contributed by atoms with Gasteiger partial charge in [-0.2, -0.15) is 4.98 Å². The molecule has 0 fully saturated rings. The van der Waals surface area contributed by atoms with E-state index in [4.69, 9.17) is 4.52 Å². The number of amides is 2. The van der Waals surface area contributed by atoms with Crippen LogP contribution in [0.4, 0.5) is 10.5 Å². The van der Waals surface area contributed by atoms with Gasteiger partial charge < -0.3 is 20.3 Å². The van der Waals surface area contributed by atoms with Gasteiger partial charge in [-0.3, -0.25) is 0 Å². The fourth-order valence-corrected chi connectivity index (χ4v) is 1.82. The van der Waals surface area contributed by atoms with Crippen LogP contribution in [-0.4, -0.2) is 33.9 Å². The number of hydrogen-bond donors (Lipinski definition) is 3. The summed E-state index contributed by atoms with van der Waals surface area (Å²) < 4.78 is 4.95. The number of aryl methyl sites for hydroxylation is 1. The Bertz CT molecular complexity index is 676. The first-order chi connectivity index (χ1) is 10.8. The van der Waals surface area contributed by atoms with Crippen LogP contribution >= 0.6 is 0 Å². The third kappa shape index (κ3) is 4.79. The molecule has 7 heteroatoms. The van der Waals surface area contributed by atoms with E-state index in [-0.39, 0.29) is 18.0 Å². The average Bonchev–Trinajstić information content (AvgIpc) is 2.90. The van der Waals surface area contributed by atoms with Crippen LogP contribution < -0.4 is 10.6 Å². The average molecular weight is 318 g/mol. The fraction of sp³-hybridized carbons (Fsp3) is 0.438. The van der Waals surface area contributed by atoms with Crippen LogP contribution in [0.25, 0.3) is 11.4 Å². The van der Waals surface area contributed by atoms with E-state index in [9.17, 15) is 9.90 Å². The zero-order chi connectivity index (χ0) is 17.0. The van der Waals surface area contributed by atoms with Crippen LogP contribution in [0, 0.1) is 12.3 Å². The fourth-order valence-electron chi connectivity index (χ4n) is 1.82. The topological polar surface area (TPSA) is 100 Å². The molecule has 3 N–H and O–H groups in total. The predicted octanol–water partition coefficient (Wildman–Crippen LogP) is 2.57. The van der Waals surface area contributed by atoms with Crippen molar-refractivity contribution in [1.82, 2.24) is 15.5 Å². The molecule has 7 nitrogen and oxygen atoms in total. The number of hydrogen-bond acceptors (Lipinski definition) is 5. The molecular weight excluding hydrogens is 296 g/mol. The van der Waals surface area contributed by atoms with E-state index in [2.05, 4.69) is 20.8 Å². The molecule has 1 heterocycles. The van der Waals surface area contributed by atoms with Crippen LogP contribution in [0.15, 0.2) is 28.8 Å². The Kier molecular flexibility index (Phi) is 5.00. The van der Waals surface area contributed by atoms with Gasteiger partial charge in [-0.15, -0.1) is 0 Å². The molecule has 23 heavy (non-hydrogen) atoms. The van der Waals surface area contributed by atoms with Crippen molar-refractivity contribution in [3.05, 3.63) is 30.2 Å². The Balaban J connectivity index is 1.96. The number of aliphatic hydroxyl groups is 1. The van der Waals surface area contributed by atoms with Crippen molar-refractivity contribution in [2.24, 2.45) is 5.41 Å². The van der Waals surface area contributed by atoms with Crippen molar-refractivity contribution in [3.63, 3.8) is 0 Å². The molecule has 1 aromatic carbocycles. The lowest BCUT2D eigenvalue weighted by molar-refractivity contribution is 0.0654. The highest BCUT2D eigenvalue weighted by Crippen LogP contribution is 2.20. The number of benzene rings is 1. The van der Waals surface area contributed by atoms with E-state index in [1.165, 1.54) is 0 Å². The number of carbonyl (C=O) groups excluding carboxylic acids is 1. The van der Waals surface area contributed by atoms with Gasteiger partial charge in [-0.25, -0.2) is 4.79 Å². The lowest BCUT2D eigenvalue weighted by Gasteiger charge is -2.25. The molecule has 0 spiro atoms. The monoisotopic (exact) mass is 318 g/mol.